The molecule has 15 heavy (non-hydrogen) atoms. The van der Waals surface area contributed by atoms with Gasteiger partial charge in [0.15, 0.2) is 0 Å². The van der Waals surface area contributed by atoms with Gasteiger partial charge in [0.05, 0.1) is 0 Å². The van der Waals surface area contributed by atoms with Gasteiger partial charge in [0.1, 0.15) is 0 Å². The minimum atomic E-state index is 0.118. The Hall–Kier alpha value is -1.75. The maximum absolute atomic E-state index is 12.0. The zero-order valence-corrected chi connectivity index (χ0v) is 8.57. The number of hydrogen-bond acceptors (Lipinski definition) is 1. The van der Waals surface area contributed by atoms with Crippen molar-refractivity contribution in [3.63, 3.8) is 0 Å². The molecule has 0 spiro atoms. The second-order valence-electron chi connectivity index (χ2n) is 3.65. The van der Waals surface area contributed by atoms with Crippen LogP contribution >= 0.6 is 0 Å². The number of terminal acetylenes is 1. The van der Waals surface area contributed by atoms with Crippen molar-refractivity contribution < 1.29 is 4.79 Å². The van der Waals surface area contributed by atoms with Crippen LogP contribution in [0.3, 0.4) is 0 Å². The van der Waals surface area contributed by atoms with Crippen LogP contribution in [0.25, 0.3) is 0 Å². The maximum atomic E-state index is 12.0. The molecule has 76 valence electrons. The van der Waals surface area contributed by atoms with Gasteiger partial charge in [0.25, 0.3) is 5.91 Å². The summed E-state index contributed by atoms with van der Waals surface area (Å²) in [5.41, 5.74) is 1.99. The highest BCUT2D eigenvalue weighted by atomic mass is 16.2. The van der Waals surface area contributed by atoms with Gasteiger partial charge in [-0.25, -0.2) is 0 Å². The molecule has 2 nitrogen and oxygen atoms in total. The Kier molecular flexibility index (Phi) is 2.73. The summed E-state index contributed by atoms with van der Waals surface area (Å²) in [5.74, 6) is 2.68. The Bertz CT molecular complexity index is 417. The second-order valence-corrected chi connectivity index (χ2v) is 3.65. The first-order valence-corrected chi connectivity index (χ1v) is 5.13. The van der Waals surface area contributed by atoms with Crippen LogP contribution in [0.5, 0.6) is 0 Å². The minimum Gasteiger partial charge on any atom is -0.337 e. The van der Waals surface area contributed by atoms with E-state index in [9.17, 15) is 4.79 Å². The number of hydrogen-bond donors (Lipinski definition) is 0. The molecule has 1 aliphatic rings. The van der Waals surface area contributed by atoms with E-state index in [1.54, 1.807) is 0 Å². The Morgan fingerprint density at radius 2 is 2.20 bits per heavy atom. The summed E-state index contributed by atoms with van der Waals surface area (Å²) in [5, 5.41) is 0. The zero-order valence-electron chi connectivity index (χ0n) is 8.57. The van der Waals surface area contributed by atoms with Gasteiger partial charge < -0.3 is 4.90 Å². The molecule has 0 saturated carbocycles. The van der Waals surface area contributed by atoms with E-state index in [2.05, 4.69) is 5.92 Å². The average molecular weight is 199 g/mol. The van der Waals surface area contributed by atoms with E-state index in [1.165, 1.54) is 0 Å². The normalized spacial score (nSPS) is 14.6. The van der Waals surface area contributed by atoms with Crippen LogP contribution in [0, 0.1) is 12.3 Å². The fourth-order valence-corrected chi connectivity index (χ4v) is 1.89. The molecule has 1 amide bonds. The Morgan fingerprint density at radius 1 is 1.40 bits per heavy atom. The van der Waals surface area contributed by atoms with Crippen LogP contribution in [0.1, 0.15) is 22.3 Å². The van der Waals surface area contributed by atoms with Gasteiger partial charge in [-0.2, -0.15) is 0 Å². The molecular formula is C13H13NO. The lowest BCUT2D eigenvalue weighted by atomic mass is 9.99. The molecule has 0 N–H and O–H groups in total. The number of fused-ring (bicyclic) bond motifs is 1. The highest BCUT2D eigenvalue weighted by molar-refractivity contribution is 5.96. The fraction of sp³-hybridized carbons (Fsp3) is 0.308. The molecule has 2 heteroatoms. The molecule has 1 heterocycles. The molecule has 2 rings (SSSR count). The quantitative estimate of drug-likeness (QED) is 0.664. The van der Waals surface area contributed by atoms with E-state index >= 15 is 0 Å². The topological polar surface area (TPSA) is 20.3 Å². The predicted molar refractivity (Wildman–Crippen MR) is 59.5 cm³/mol. The summed E-state index contributed by atoms with van der Waals surface area (Å²) in [6.45, 7) is 1.46. The standard InChI is InChI=1S/C13H13NO/c1-2-3-9-14-10-8-11-6-4-5-7-12(11)13(14)15/h1,4-7H,3,8-10H2. The highest BCUT2D eigenvalue weighted by Gasteiger charge is 2.22. The molecule has 0 saturated heterocycles. The van der Waals surface area contributed by atoms with Crippen molar-refractivity contribution in [2.24, 2.45) is 0 Å². The first-order valence-electron chi connectivity index (χ1n) is 5.13. The smallest absolute Gasteiger partial charge is 0.254 e. The lowest BCUT2D eigenvalue weighted by Crippen LogP contribution is -2.38. The largest absolute Gasteiger partial charge is 0.337 e. The number of carbonyl (C=O) groups excluding carboxylic acids is 1. The molecule has 0 bridgehead atoms. The van der Waals surface area contributed by atoms with Crippen LogP contribution in [0.4, 0.5) is 0 Å². The third-order valence-electron chi connectivity index (χ3n) is 2.71. The number of rotatable bonds is 2. The molecule has 1 aliphatic heterocycles. The third kappa shape index (κ3) is 1.87. The van der Waals surface area contributed by atoms with Gasteiger partial charge in [0, 0.05) is 25.1 Å². The Balaban J connectivity index is 2.19. The van der Waals surface area contributed by atoms with Crippen LogP contribution < -0.4 is 0 Å². The molecule has 0 aliphatic carbocycles. The van der Waals surface area contributed by atoms with E-state index in [0.29, 0.717) is 13.0 Å². The summed E-state index contributed by atoms with van der Waals surface area (Å²) in [6.07, 6.45) is 6.77. The van der Waals surface area contributed by atoms with Crippen molar-refractivity contribution in [2.45, 2.75) is 12.8 Å². The zero-order chi connectivity index (χ0) is 10.7. The highest BCUT2D eigenvalue weighted by Crippen LogP contribution is 2.18. The van der Waals surface area contributed by atoms with Gasteiger partial charge >= 0.3 is 0 Å². The third-order valence-corrected chi connectivity index (χ3v) is 2.71. The summed E-state index contributed by atoms with van der Waals surface area (Å²) in [4.78, 5) is 13.8. The first kappa shape index (κ1) is 9.79. The van der Waals surface area contributed by atoms with Crippen molar-refractivity contribution in [3.8, 4) is 12.3 Å². The van der Waals surface area contributed by atoms with Crippen LogP contribution in [0.15, 0.2) is 24.3 Å². The molecule has 0 aromatic heterocycles. The lowest BCUT2D eigenvalue weighted by molar-refractivity contribution is 0.0743. The van der Waals surface area contributed by atoms with E-state index in [1.807, 2.05) is 29.2 Å². The maximum Gasteiger partial charge on any atom is 0.254 e. The second kappa shape index (κ2) is 4.18. The SMILES string of the molecule is C#CCCN1CCc2ccccc2C1=O. The average Bonchev–Trinajstić information content (AvgIpc) is 2.29. The van der Waals surface area contributed by atoms with Gasteiger partial charge in [-0.3, -0.25) is 4.79 Å². The number of amides is 1. The summed E-state index contributed by atoms with van der Waals surface area (Å²) >= 11 is 0. The molecule has 0 atom stereocenters. The van der Waals surface area contributed by atoms with Crippen LogP contribution in [-0.4, -0.2) is 23.9 Å². The molecule has 0 fully saturated rings. The molecule has 0 radical (unpaired) electrons. The van der Waals surface area contributed by atoms with Crippen LogP contribution in [-0.2, 0) is 6.42 Å². The van der Waals surface area contributed by atoms with Gasteiger partial charge in [-0.05, 0) is 18.1 Å². The summed E-state index contributed by atoms with van der Waals surface area (Å²) < 4.78 is 0. The monoisotopic (exact) mass is 199 g/mol. The lowest BCUT2D eigenvalue weighted by Gasteiger charge is -2.27. The van der Waals surface area contributed by atoms with Crippen molar-refractivity contribution in [1.29, 1.82) is 0 Å². The predicted octanol–water partition coefficient (Wildman–Crippen LogP) is 1.71. The van der Waals surface area contributed by atoms with Crippen molar-refractivity contribution >= 4 is 5.91 Å². The van der Waals surface area contributed by atoms with Crippen LogP contribution in [0.2, 0.25) is 0 Å². The Labute approximate surface area is 89.9 Å². The molecule has 0 unspecified atom stereocenters. The summed E-state index contributed by atoms with van der Waals surface area (Å²) in [6, 6.07) is 7.79. The van der Waals surface area contributed by atoms with Crippen molar-refractivity contribution in [3.05, 3.63) is 35.4 Å². The van der Waals surface area contributed by atoms with E-state index < -0.39 is 0 Å². The molecule has 1 aromatic rings. The number of benzene rings is 1. The van der Waals surface area contributed by atoms with Gasteiger partial charge in [-0.1, -0.05) is 18.2 Å². The Morgan fingerprint density at radius 3 is 3.00 bits per heavy atom. The summed E-state index contributed by atoms with van der Waals surface area (Å²) in [7, 11) is 0. The van der Waals surface area contributed by atoms with E-state index in [0.717, 1.165) is 24.1 Å². The molecule has 1 aromatic carbocycles. The van der Waals surface area contributed by atoms with Crippen molar-refractivity contribution in [2.75, 3.05) is 13.1 Å². The van der Waals surface area contributed by atoms with Crippen molar-refractivity contribution in [1.82, 2.24) is 4.90 Å². The van der Waals surface area contributed by atoms with E-state index in [4.69, 9.17) is 6.42 Å². The first-order chi connectivity index (χ1) is 7.33. The van der Waals surface area contributed by atoms with E-state index in [-0.39, 0.29) is 5.91 Å². The minimum absolute atomic E-state index is 0.118. The van der Waals surface area contributed by atoms with Gasteiger partial charge in [0.2, 0.25) is 0 Å². The number of carbonyl (C=O) groups is 1. The van der Waals surface area contributed by atoms with Gasteiger partial charge in [-0.15, -0.1) is 12.3 Å². The molecular weight excluding hydrogens is 186 g/mol. The fourth-order valence-electron chi connectivity index (χ4n) is 1.89. The number of nitrogens with zero attached hydrogens (tertiary/aromatic N) is 1.